The van der Waals surface area contributed by atoms with Crippen LogP contribution in [0.2, 0.25) is 10.0 Å². The van der Waals surface area contributed by atoms with Crippen LogP contribution in [0.15, 0.2) is 41.5 Å². The Balaban J connectivity index is 1.79. The van der Waals surface area contributed by atoms with E-state index in [-0.39, 0.29) is 35.5 Å². The van der Waals surface area contributed by atoms with Crippen LogP contribution >= 0.6 is 23.2 Å². The quantitative estimate of drug-likeness (QED) is 0.562. The molecule has 2 bridgehead atoms. The summed E-state index contributed by atoms with van der Waals surface area (Å²) in [6.45, 7) is 4.10. The van der Waals surface area contributed by atoms with Crippen LogP contribution in [0.1, 0.15) is 13.8 Å². The highest BCUT2D eigenvalue weighted by atomic mass is 35.5. The number of halogens is 2. The molecule has 1 saturated heterocycles. The number of fused-ring (bicyclic) bond motifs is 5. The van der Waals surface area contributed by atoms with E-state index in [0.29, 0.717) is 15.7 Å². The van der Waals surface area contributed by atoms with Crippen molar-refractivity contribution in [2.75, 3.05) is 4.90 Å². The predicted molar refractivity (Wildman–Crippen MR) is 90.4 cm³/mol. The molecule has 0 radical (unpaired) electrons. The second kappa shape index (κ2) is 4.96. The SMILES string of the molecule is CC(C)=C1[C@H]2C=C[C@H]1[C@H]1C(=O)N(c3ccc(Cl)cc3Cl)C(=O)[C@H]12. The molecular formula is C18H15Cl2NO2. The Hall–Kier alpha value is -1.58. The Bertz CT molecular complexity index is 773. The first-order valence-electron chi connectivity index (χ1n) is 7.60. The van der Waals surface area contributed by atoms with Gasteiger partial charge in [0.2, 0.25) is 11.8 Å². The lowest BCUT2D eigenvalue weighted by molar-refractivity contribution is -0.122. The van der Waals surface area contributed by atoms with Crippen LogP contribution in [0.3, 0.4) is 0 Å². The van der Waals surface area contributed by atoms with Crippen molar-refractivity contribution in [1.82, 2.24) is 0 Å². The van der Waals surface area contributed by atoms with Gasteiger partial charge in [-0.15, -0.1) is 0 Å². The minimum absolute atomic E-state index is 0.0440. The molecule has 23 heavy (non-hydrogen) atoms. The second-order valence-electron chi connectivity index (χ2n) is 6.55. The summed E-state index contributed by atoms with van der Waals surface area (Å²) in [5.74, 6) is -0.812. The normalized spacial score (nSPS) is 31.3. The molecule has 5 heteroatoms. The Labute approximate surface area is 144 Å². The number of rotatable bonds is 1. The van der Waals surface area contributed by atoms with Gasteiger partial charge in [-0.1, -0.05) is 46.5 Å². The van der Waals surface area contributed by atoms with Gasteiger partial charge in [0.25, 0.3) is 0 Å². The molecule has 2 fully saturated rings. The fraction of sp³-hybridized carbons (Fsp3) is 0.333. The number of nitrogens with zero attached hydrogens (tertiary/aromatic N) is 1. The number of hydrogen-bond acceptors (Lipinski definition) is 2. The zero-order valence-electron chi connectivity index (χ0n) is 12.7. The monoisotopic (exact) mass is 347 g/mol. The lowest BCUT2D eigenvalue weighted by atomic mass is 9.85. The first kappa shape index (κ1) is 15.0. The first-order valence-corrected chi connectivity index (χ1v) is 8.36. The molecule has 1 saturated carbocycles. The number of anilines is 1. The van der Waals surface area contributed by atoms with Gasteiger partial charge in [0.05, 0.1) is 22.5 Å². The average Bonchev–Trinajstić information content (AvgIpc) is 3.11. The maximum atomic E-state index is 12.9. The summed E-state index contributed by atoms with van der Waals surface area (Å²) >= 11 is 12.1. The number of hydrogen-bond donors (Lipinski definition) is 0. The van der Waals surface area contributed by atoms with Gasteiger partial charge < -0.3 is 0 Å². The van der Waals surface area contributed by atoms with Crippen molar-refractivity contribution in [3.63, 3.8) is 0 Å². The fourth-order valence-corrected chi connectivity index (χ4v) is 4.82. The molecule has 3 nitrogen and oxygen atoms in total. The Kier molecular flexibility index (Phi) is 3.23. The number of carbonyl (C=O) groups excluding carboxylic acids is 2. The third-order valence-corrected chi connectivity index (χ3v) is 5.68. The highest BCUT2D eigenvalue weighted by Gasteiger charge is 2.62. The molecule has 0 unspecified atom stereocenters. The van der Waals surface area contributed by atoms with Crippen molar-refractivity contribution in [2.45, 2.75) is 13.8 Å². The minimum atomic E-state index is -0.297. The summed E-state index contributed by atoms with van der Waals surface area (Å²) in [5.41, 5.74) is 2.87. The van der Waals surface area contributed by atoms with Crippen LogP contribution < -0.4 is 4.90 Å². The van der Waals surface area contributed by atoms with E-state index in [0.717, 1.165) is 0 Å². The van der Waals surface area contributed by atoms with E-state index in [2.05, 4.69) is 12.2 Å². The van der Waals surface area contributed by atoms with E-state index in [1.54, 1.807) is 18.2 Å². The van der Waals surface area contributed by atoms with Crippen LogP contribution in [0.25, 0.3) is 0 Å². The van der Waals surface area contributed by atoms with Crippen LogP contribution in [0.5, 0.6) is 0 Å². The number of carbonyl (C=O) groups is 2. The number of benzene rings is 1. The highest BCUT2D eigenvalue weighted by molar-refractivity contribution is 6.38. The summed E-state index contributed by atoms with van der Waals surface area (Å²) in [6.07, 6.45) is 4.15. The second-order valence-corrected chi connectivity index (χ2v) is 7.39. The molecule has 2 aliphatic carbocycles. The van der Waals surface area contributed by atoms with E-state index in [9.17, 15) is 9.59 Å². The van der Waals surface area contributed by atoms with Gasteiger partial charge in [0.1, 0.15) is 0 Å². The summed E-state index contributed by atoms with van der Waals surface area (Å²) in [4.78, 5) is 27.2. The first-order chi connectivity index (χ1) is 10.9. The van der Waals surface area contributed by atoms with E-state index in [1.807, 2.05) is 13.8 Å². The third-order valence-electron chi connectivity index (χ3n) is 5.14. The lowest BCUT2D eigenvalue weighted by Gasteiger charge is -2.20. The van der Waals surface area contributed by atoms with Gasteiger partial charge >= 0.3 is 0 Å². The van der Waals surface area contributed by atoms with Crippen LogP contribution in [0.4, 0.5) is 5.69 Å². The smallest absolute Gasteiger partial charge is 0.238 e. The molecule has 118 valence electrons. The maximum Gasteiger partial charge on any atom is 0.238 e. The maximum absolute atomic E-state index is 12.9. The van der Waals surface area contributed by atoms with Gasteiger partial charge in [0, 0.05) is 16.9 Å². The predicted octanol–water partition coefficient (Wildman–Crippen LogP) is 4.25. The molecule has 0 N–H and O–H groups in total. The third kappa shape index (κ3) is 1.90. The summed E-state index contributed by atoms with van der Waals surface area (Å²) in [7, 11) is 0. The zero-order chi connectivity index (χ0) is 16.5. The van der Waals surface area contributed by atoms with Crippen LogP contribution in [-0.4, -0.2) is 11.8 Å². The zero-order valence-corrected chi connectivity index (χ0v) is 14.2. The van der Waals surface area contributed by atoms with Crippen molar-refractivity contribution in [3.05, 3.63) is 51.5 Å². The minimum Gasteiger partial charge on any atom is -0.274 e. The van der Waals surface area contributed by atoms with Crippen molar-refractivity contribution < 1.29 is 9.59 Å². The van der Waals surface area contributed by atoms with E-state index in [4.69, 9.17) is 23.2 Å². The average molecular weight is 348 g/mol. The summed E-state index contributed by atoms with van der Waals surface area (Å²) < 4.78 is 0. The molecule has 4 atom stereocenters. The van der Waals surface area contributed by atoms with Gasteiger partial charge in [-0.2, -0.15) is 0 Å². The molecular weight excluding hydrogens is 333 g/mol. The molecule has 0 aromatic heterocycles. The molecule has 1 aromatic rings. The molecule has 2 amide bonds. The van der Waals surface area contributed by atoms with Gasteiger partial charge in [-0.05, 0) is 32.0 Å². The van der Waals surface area contributed by atoms with Crippen LogP contribution in [0, 0.1) is 23.7 Å². The lowest BCUT2D eigenvalue weighted by Crippen LogP contribution is -2.33. The summed E-state index contributed by atoms with van der Waals surface area (Å²) in [5, 5.41) is 0.800. The highest BCUT2D eigenvalue weighted by Crippen LogP contribution is 2.57. The van der Waals surface area contributed by atoms with Gasteiger partial charge in [-0.25, -0.2) is 4.90 Å². The molecule has 1 aliphatic heterocycles. The van der Waals surface area contributed by atoms with Crippen LogP contribution in [-0.2, 0) is 9.59 Å². The molecule has 0 spiro atoms. The van der Waals surface area contributed by atoms with Crippen molar-refractivity contribution in [2.24, 2.45) is 23.7 Å². The largest absolute Gasteiger partial charge is 0.274 e. The fourth-order valence-electron chi connectivity index (χ4n) is 4.33. The van der Waals surface area contributed by atoms with E-state index in [1.165, 1.54) is 16.0 Å². The topological polar surface area (TPSA) is 37.4 Å². The molecule has 1 heterocycles. The van der Waals surface area contributed by atoms with E-state index < -0.39 is 0 Å². The van der Waals surface area contributed by atoms with Gasteiger partial charge in [0.15, 0.2) is 0 Å². The number of allylic oxidation sites excluding steroid dienone is 4. The molecule has 1 aromatic carbocycles. The van der Waals surface area contributed by atoms with Gasteiger partial charge in [-0.3, -0.25) is 9.59 Å². The molecule has 4 rings (SSSR count). The van der Waals surface area contributed by atoms with Crippen molar-refractivity contribution in [1.29, 1.82) is 0 Å². The number of amides is 2. The Morgan fingerprint density at radius 3 is 2.04 bits per heavy atom. The Morgan fingerprint density at radius 1 is 1.00 bits per heavy atom. The standard InChI is InChI=1S/C18H15Cl2NO2/c1-8(2)14-10-4-5-11(14)16-15(10)17(22)21(18(16)23)13-6-3-9(19)7-12(13)20/h3-7,10-11,15-16H,1-2H3/t10-,11-,15-,16+/m1/s1. The summed E-state index contributed by atoms with van der Waals surface area (Å²) in [6, 6.07) is 4.84. The van der Waals surface area contributed by atoms with E-state index >= 15 is 0 Å². The number of imide groups is 1. The van der Waals surface area contributed by atoms with Crippen molar-refractivity contribution >= 4 is 40.7 Å². The Morgan fingerprint density at radius 2 is 1.57 bits per heavy atom. The van der Waals surface area contributed by atoms with Crippen molar-refractivity contribution in [3.8, 4) is 0 Å². The molecule has 3 aliphatic rings.